The van der Waals surface area contributed by atoms with Crippen LogP contribution in [0.1, 0.15) is 349 Å². The molecule has 0 saturated carbocycles. The quantitative estimate of drug-likeness (QED) is 0.0334. The normalized spacial score (nSPS) is 11.9. The first-order chi connectivity index (χ1) is 33.2. The van der Waals surface area contributed by atoms with Gasteiger partial charge < -0.3 is 29.3 Å². The fourth-order valence-electron chi connectivity index (χ4n) is 9.18. The Morgan fingerprint density at radius 3 is 0.652 bits per heavy atom. The molecule has 0 aliphatic carbocycles. The van der Waals surface area contributed by atoms with Crippen molar-refractivity contribution in [3.8, 4) is 0 Å². The average Bonchev–Trinajstić information content (AvgIpc) is 3.31. The van der Waals surface area contributed by atoms with Crippen molar-refractivity contribution in [3.63, 3.8) is 0 Å². The van der Waals surface area contributed by atoms with E-state index in [4.69, 9.17) is 9.47 Å². The molecule has 0 saturated heterocycles. The maximum absolute atomic E-state index is 12.4. The van der Waals surface area contributed by atoms with Crippen LogP contribution in [0.2, 0.25) is 0 Å². The maximum Gasteiger partial charge on any atom is 2.00 e. The number of esters is 2. The molecule has 0 rings (SSSR count). The summed E-state index contributed by atoms with van der Waals surface area (Å²) in [5.41, 5.74) is 0. The number of rotatable bonds is 54. The molecule has 0 aromatic carbocycles. The number of carboxylic acid groups (broad SMARTS) is 2. The van der Waals surface area contributed by atoms with Gasteiger partial charge in [0.2, 0.25) is 0 Å². The number of ether oxygens (including phenoxy) is 2. The van der Waals surface area contributed by atoms with Crippen molar-refractivity contribution in [2.75, 3.05) is 0 Å². The van der Waals surface area contributed by atoms with Crippen molar-refractivity contribution in [2.24, 2.45) is 0 Å². The van der Waals surface area contributed by atoms with Crippen molar-refractivity contribution in [2.45, 2.75) is 361 Å². The second-order valence-electron chi connectivity index (χ2n) is 20.6. The molecule has 69 heavy (non-hydrogen) atoms. The number of carbonyl (C=O) groups is 4. The van der Waals surface area contributed by atoms with E-state index in [0.717, 1.165) is 116 Å². The summed E-state index contributed by atoms with van der Waals surface area (Å²) in [6, 6.07) is 0. The molecule has 9 heteroatoms. The molecular formula is C60H114CaO8. The summed E-state index contributed by atoms with van der Waals surface area (Å²) >= 11 is 0. The molecule has 0 amide bonds. The summed E-state index contributed by atoms with van der Waals surface area (Å²) < 4.78 is 11.8. The minimum atomic E-state index is -0.950. The molecule has 0 N–H and O–H groups in total. The summed E-state index contributed by atoms with van der Waals surface area (Å²) in [6.07, 6.45) is 55.6. The van der Waals surface area contributed by atoms with Crippen molar-refractivity contribution < 1.29 is 38.9 Å². The zero-order valence-electron chi connectivity index (χ0n) is 46.5. The second kappa shape index (κ2) is 61.4. The van der Waals surface area contributed by atoms with Gasteiger partial charge in [0.15, 0.2) is 0 Å². The zero-order chi connectivity index (χ0) is 50.2. The first kappa shape index (κ1) is 72.4. The maximum atomic E-state index is 12.4. The third kappa shape index (κ3) is 63.2. The van der Waals surface area contributed by atoms with Crippen molar-refractivity contribution in [3.05, 3.63) is 0 Å². The standard InChI is InChI=1S/2C30H58O4.Ca/c2*1-3-5-7-9-11-12-14-19-23-27-30(33)34-28(24-20-16-13-10-8-6-4-2)25-21-17-15-18-22-26-29(31)32;/h2*28H,3-27H2,1-2H3,(H,31,32);/q;;+2/p-2. The second-order valence-corrected chi connectivity index (χ2v) is 20.6. The van der Waals surface area contributed by atoms with E-state index in [0.29, 0.717) is 25.7 Å². The van der Waals surface area contributed by atoms with Crippen LogP contribution in [0.4, 0.5) is 0 Å². The number of aliphatic carboxylic acids is 2. The zero-order valence-corrected chi connectivity index (χ0v) is 48.7. The first-order valence-electron chi connectivity index (χ1n) is 30.0. The van der Waals surface area contributed by atoms with Crippen molar-refractivity contribution >= 4 is 61.6 Å². The summed E-state index contributed by atoms with van der Waals surface area (Å²) in [6.45, 7) is 9.00. The predicted octanol–water partition coefficient (Wildman–Crippen LogP) is 16.5. The van der Waals surface area contributed by atoms with E-state index in [9.17, 15) is 29.4 Å². The Morgan fingerprint density at radius 1 is 0.275 bits per heavy atom. The number of carbonyl (C=O) groups excluding carboxylic acids is 4. The van der Waals surface area contributed by atoms with Crippen LogP contribution in [0.3, 0.4) is 0 Å². The fourth-order valence-corrected chi connectivity index (χ4v) is 9.18. The van der Waals surface area contributed by atoms with Crippen LogP contribution in [0, 0.1) is 0 Å². The van der Waals surface area contributed by atoms with Crippen LogP contribution in [-0.4, -0.2) is 73.8 Å². The molecule has 2 atom stereocenters. The van der Waals surface area contributed by atoms with E-state index < -0.39 is 11.9 Å². The number of carboxylic acids is 2. The monoisotopic (exact) mass is 1000 g/mol. The van der Waals surface area contributed by atoms with Crippen LogP contribution in [0.15, 0.2) is 0 Å². The van der Waals surface area contributed by atoms with Gasteiger partial charge in [0.25, 0.3) is 0 Å². The number of unbranched alkanes of at least 4 members (excludes halogenated alkanes) is 36. The summed E-state index contributed by atoms with van der Waals surface area (Å²) in [7, 11) is 0. The molecule has 404 valence electrons. The minimum absolute atomic E-state index is 0. The van der Waals surface area contributed by atoms with Gasteiger partial charge in [-0.25, -0.2) is 0 Å². The Labute approximate surface area is 458 Å². The van der Waals surface area contributed by atoms with E-state index >= 15 is 0 Å². The minimum Gasteiger partial charge on any atom is -0.550 e. The van der Waals surface area contributed by atoms with Gasteiger partial charge in [0.05, 0.1) is 0 Å². The van der Waals surface area contributed by atoms with Crippen LogP contribution in [-0.2, 0) is 28.7 Å². The van der Waals surface area contributed by atoms with E-state index in [2.05, 4.69) is 27.7 Å². The molecule has 0 fully saturated rings. The van der Waals surface area contributed by atoms with E-state index in [1.165, 1.54) is 167 Å². The molecule has 0 aliphatic heterocycles. The van der Waals surface area contributed by atoms with E-state index in [1.807, 2.05) is 0 Å². The predicted molar refractivity (Wildman–Crippen MR) is 289 cm³/mol. The number of hydrogen-bond donors (Lipinski definition) is 0. The van der Waals surface area contributed by atoms with Gasteiger partial charge in [-0.05, 0) is 89.9 Å². The van der Waals surface area contributed by atoms with Crippen LogP contribution in [0.25, 0.3) is 0 Å². The van der Waals surface area contributed by atoms with Gasteiger partial charge in [0.1, 0.15) is 12.2 Å². The summed E-state index contributed by atoms with van der Waals surface area (Å²) in [4.78, 5) is 45.8. The van der Waals surface area contributed by atoms with E-state index in [1.54, 1.807) is 0 Å². The van der Waals surface area contributed by atoms with Gasteiger partial charge in [-0.1, -0.05) is 246 Å². The summed E-state index contributed by atoms with van der Waals surface area (Å²) in [5, 5.41) is 21.0. The van der Waals surface area contributed by atoms with E-state index in [-0.39, 0.29) is 74.7 Å². The van der Waals surface area contributed by atoms with Gasteiger partial charge in [-0.15, -0.1) is 0 Å². The van der Waals surface area contributed by atoms with Gasteiger partial charge in [-0.3, -0.25) is 9.59 Å². The van der Waals surface area contributed by atoms with Crippen molar-refractivity contribution in [1.29, 1.82) is 0 Å². The smallest absolute Gasteiger partial charge is 0.550 e. The third-order valence-corrected chi connectivity index (χ3v) is 13.6. The van der Waals surface area contributed by atoms with Gasteiger partial charge in [-0.2, -0.15) is 0 Å². The SMILES string of the molecule is CCCCCCCCCCCC(=O)OC(CCCCCCCCC)CCCCCCCC(=O)[O-].CCCCCCCCCCCC(=O)OC(CCCCCCCCC)CCCCCCCC(=O)[O-].[Ca+2]. The van der Waals surface area contributed by atoms with Crippen molar-refractivity contribution in [1.82, 2.24) is 0 Å². The molecule has 0 heterocycles. The Hall–Kier alpha value is -0.860. The largest absolute Gasteiger partial charge is 2.00 e. The van der Waals surface area contributed by atoms with Crippen LogP contribution in [0.5, 0.6) is 0 Å². The third-order valence-electron chi connectivity index (χ3n) is 13.6. The van der Waals surface area contributed by atoms with Crippen LogP contribution < -0.4 is 10.2 Å². The Balaban J connectivity index is -0.00000124. The molecule has 0 bridgehead atoms. The Bertz CT molecular complexity index is 988. The molecule has 2 unspecified atom stereocenters. The molecule has 0 aliphatic rings. The first-order valence-corrected chi connectivity index (χ1v) is 30.0. The topological polar surface area (TPSA) is 133 Å². The molecule has 0 aromatic rings. The van der Waals surface area contributed by atoms with Crippen LogP contribution >= 0.6 is 0 Å². The van der Waals surface area contributed by atoms with Gasteiger partial charge in [0, 0.05) is 24.8 Å². The number of hydrogen-bond acceptors (Lipinski definition) is 8. The molecular weight excluding hydrogens is 889 g/mol. The fraction of sp³-hybridized carbons (Fsp3) is 0.933. The Morgan fingerprint density at radius 2 is 0.449 bits per heavy atom. The van der Waals surface area contributed by atoms with Gasteiger partial charge >= 0.3 is 49.7 Å². The molecule has 0 spiro atoms. The Kier molecular flexibility index (Phi) is 64.5. The summed E-state index contributed by atoms with van der Waals surface area (Å²) in [5.74, 6) is -1.92. The average molecular weight is 1000 g/mol. The molecule has 0 aromatic heterocycles. The molecule has 8 nitrogen and oxygen atoms in total. The molecule has 0 radical (unpaired) electrons.